The van der Waals surface area contributed by atoms with Gasteiger partial charge in [0.15, 0.2) is 0 Å². The first-order valence-corrected chi connectivity index (χ1v) is 9.11. The Labute approximate surface area is 156 Å². The predicted molar refractivity (Wildman–Crippen MR) is 98.1 cm³/mol. The summed E-state index contributed by atoms with van der Waals surface area (Å²) in [6.45, 7) is 5.65. The number of aryl methyl sites for hydroxylation is 2. The molecule has 1 aromatic carbocycles. The van der Waals surface area contributed by atoms with Crippen LogP contribution < -0.4 is 10.2 Å². The summed E-state index contributed by atoms with van der Waals surface area (Å²) in [6.07, 6.45) is -1.40. The molecule has 8 heteroatoms. The number of rotatable bonds is 4. The maximum absolute atomic E-state index is 13.2. The van der Waals surface area contributed by atoms with Crippen molar-refractivity contribution in [2.75, 3.05) is 23.3 Å². The average Bonchev–Trinajstić information content (AvgIpc) is 3.02. The van der Waals surface area contributed by atoms with E-state index in [1.54, 1.807) is 17.7 Å². The van der Waals surface area contributed by atoms with Crippen LogP contribution in [0.5, 0.6) is 0 Å². The van der Waals surface area contributed by atoms with Crippen LogP contribution in [0.3, 0.4) is 0 Å². The van der Waals surface area contributed by atoms with E-state index in [4.69, 9.17) is 0 Å². The third kappa shape index (κ3) is 4.26. The van der Waals surface area contributed by atoms with Crippen molar-refractivity contribution in [1.29, 1.82) is 0 Å². The van der Waals surface area contributed by atoms with Crippen LogP contribution in [-0.2, 0) is 12.7 Å². The number of nitrogens with zero attached hydrogens (tertiary/aromatic N) is 3. The molecule has 1 aliphatic rings. The lowest BCUT2D eigenvalue weighted by Crippen LogP contribution is -2.30. The zero-order valence-electron chi connectivity index (χ0n) is 15.4. The summed E-state index contributed by atoms with van der Waals surface area (Å²) >= 11 is 0. The molecule has 0 radical (unpaired) electrons. The molecule has 2 aromatic rings. The third-order valence-electron chi connectivity index (χ3n) is 4.70. The molecule has 5 nitrogen and oxygen atoms in total. The second-order valence-electron chi connectivity index (χ2n) is 6.72. The Morgan fingerprint density at radius 1 is 1.19 bits per heavy atom. The van der Waals surface area contributed by atoms with Crippen LogP contribution in [0.25, 0.3) is 0 Å². The maximum atomic E-state index is 13.2. The van der Waals surface area contributed by atoms with Crippen molar-refractivity contribution in [3.63, 3.8) is 0 Å². The number of halogens is 3. The molecule has 0 saturated carbocycles. The molecular weight excluding hydrogens is 357 g/mol. The van der Waals surface area contributed by atoms with E-state index in [1.807, 2.05) is 11.8 Å². The molecular formula is C19H23F3N4O. The topological polar surface area (TPSA) is 50.2 Å². The smallest absolute Gasteiger partial charge is 0.370 e. The van der Waals surface area contributed by atoms with E-state index < -0.39 is 17.6 Å². The van der Waals surface area contributed by atoms with Crippen LogP contribution in [0, 0.1) is 6.92 Å². The van der Waals surface area contributed by atoms with Gasteiger partial charge in [0.05, 0.1) is 22.6 Å². The van der Waals surface area contributed by atoms with Gasteiger partial charge in [-0.2, -0.15) is 18.3 Å². The number of benzene rings is 1. The predicted octanol–water partition coefficient (Wildman–Crippen LogP) is 4.47. The molecule has 0 bridgehead atoms. The van der Waals surface area contributed by atoms with E-state index in [9.17, 15) is 18.0 Å². The zero-order chi connectivity index (χ0) is 19.6. The van der Waals surface area contributed by atoms with Crippen LogP contribution >= 0.6 is 0 Å². The highest BCUT2D eigenvalue weighted by molar-refractivity contribution is 6.05. The molecule has 0 unspecified atom stereocenters. The van der Waals surface area contributed by atoms with E-state index >= 15 is 0 Å². The lowest BCUT2D eigenvalue weighted by molar-refractivity contribution is -0.137. The molecule has 2 heterocycles. The minimum absolute atomic E-state index is 0.179. The van der Waals surface area contributed by atoms with E-state index in [0.29, 0.717) is 23.6 Å². The van der Waals surface area contributed by atoms with Gasteiger partial charge < -0.3 is 10.2 Å². The quantitative estimate of drug-likeness (QED) is 0.851. The van der Waals surface area contributed by atoms with Gasteiger partial charge >= 0.3 is 6.18 Å². The molecule has 146 valence electrons. The lowest BCUT2D eigenvalue weighted by Gasteiger charge is -2.31. The second kappa shape index (κ2) is 7.62. The Bertz CT molecular complexity index is 823. The standard InChI is InChI=1S/C19H23F3N4O/c1-3-26-17(11-13(2)24-26)18(27)23-15-12-14(19(20,21)22)7-8-16(15)25-9-5-4-6-10-25/h7-8,11-12H,3-6,9-10H2,1-2H3,(H,23,27). The Hall–Kier alpha value is -2.51. The summed E-state index contributed by atoms with van der Waals surface area (Å²) in [4.78, 5) is 14.8. The SMILES string of the molecule is CCn1nc(C)cc1C(=O)Nc1cc(C(F)(F)F)ccc1N1CCCCC1. The average molecular weight is 380 g/mol. The minimum Gasteiger partial charge on any atom is -0.370 e. The third-order valence-corrected chi connectivity index (χ3v) is 4.70. The fourth-order valence-electron chi connectivity index (χ4n) is 3.38. The number of carbonyl (C=O) groups excluding carboxylic acids is 1. The highest BCUT2D eigenvalue weighted by Gasteiger charge is 2.32. The van der Waals surface area contributed by atoms with Gasteiger partial charge in [-0.25, -0.2) is 0 Å². The zero-order valence-corrected chi connectivity index (χ0v) is 15.4. The van der Waals surface area contributed by atoms with Crippen molar-refractivity contribution < 1.29 is 18.0 Å². The van der Waals surface area contributed by atoms with E-state index in [-0.39, 0.29) is 5.69 Å². The summed E-state index contributed by atoms with van der Waals surface area (Å²) in [5.74, 6) is -0.463. The summed E-state index contributed by atoms with van der Waals surface area (Å²) in [7, 11) is 0. The fourth-order valence-corrected chi connectivity index (χ4v) is 3.38. The highest BCUT2D eigenvalue weighted by Crippen LogP contribution is 2.36. The number of amides is 1. The van der Waals surface area contributed by atoms with Crippen LogP contribution in [0.4, 0.5) is 24.5 Å². The van der Waals surface area contributed by atoms with Gasteiger partial charge in [-0.05, 0) is 57.4 Å². The van der Waals surface area contributed by atoms with Gasteiger partial charge in [0.1, 0.15) is 5.69 Å². The van der Waals surface area contributed by atoms with Crippen molar-refractivity contribution in [3.8, 4) is 0 Å². The molecule has 0 spiro atoms. The first-order chi connectivity index (χ1) is 12.8. The molecule has 1 fully saturated rings. The number of aromatic nitrogens is 2. The van der Waals surface area contributed by atoms with Gasteiger partial charge in [-0.1, -0.05) is 0 Å². The lowest BCUT2D eigenvalue weighted by atomic mass is 10.1. The molecule has 1 aromatic heterocycles. The van der Waals surface area contributed by atoms with Gasteiger partial charge in [0, 0.05) is 19.6 Å². The Balaban J connectivity index is 1.96. The Morgan fingerprint density at radius 2 is 1.89 bits per heavy atom. The summed E-state index contributed by atoms with van der Waals surface area (Å²) in [5, 5.41) is 6.91. The van der Waals surface area contributed by atoms with E-state index in [1.165, 1.54) is 6.07 Å². The monoisotopic (exact) mass is 380 g/mol. The molecule has 3 rings (SSSR count). The summed E-state index contributed by atoms with van der Waals surface area (Å²) in [5.41, 5.74) is 1.03. The van der Waals surface area contributed by atoms with Crippen LogP contribution in [0.1, 0.15) is 47.9 Å². The highest BCUT2D eigenvalue weighted by atomic mass is 19.4. The van der Waals surface area contributed by atoms with Gasteiger partial charge in [0.2, 0.25) is 0 Å². The molecule has 1 aliphatic heterocycles. The first kappa shape index (κ1) is 19.3. The van der Waals surface area contributed by atoms with Crippen molar-refractivity contribution in [3.05, 3.63) is 41.2 Å². The maximum Gasteiger partial charge on any atom is 0.416 e. The number of nitrogens with one attached hydrogen (secondary N) is 1. The van der Waals surface area contributed by atoms with Gasteiger partial charge in [0.25, 0.3) is 5.91 Å². The number of alkyl halides is 3. The molecule has 0 atom stereocenters. The summed E-state index contributed by atoms with van der Waals surface area (Å²) < 4.78 is 41.1. The molecule has 1 amide bonds. The molecule has 27 heavy (non-hydrogen) atoms. The number of carbonyl (C=O) groups is 1. The second-order valence-corrected chi connectivity index (χ2v) is 6.72. The largest absolute Gasteiger partial charge is 0.416 e. The molecule has 1 N–H and O–H groups in total. The normalized spacial score (nSPS) is 15.1. The number of hydrogen-bond donors (Lipinski definition) is 1. The minimum atomic E-state index is -4.47. The number of piperidine rings is 1. The Morgan fingerprint density at radius 3 is 2.52 bits per heavy atom. The number of anilines is 2. The van der Waals surface area contributed by atoms with Crippen molar-refractivity contribution in [2.24, 2.45) is 0 Å². The van der Waals surface area contributed by atoms with Crippen molar-refractivity contribution in [1.82, 2.24) is 9.78 Å². The fraction of sp³-hybridized carbons (Fsp3) is 0.474. The van der Waals surface area contributed by atoms with Crippen molar-refractivity contribution >= 4 is 17.3 Å². The van der Waals surface area contributed by atoms with Crippen molar-refractivity contribution in [2.45, 2.75) is 45.8 Å². The summed E-state index contributed by atoms with van der Waals surface area (Å²) in [6, 6.07) is 5.17. The number of hydrogen-bond acceptors (Lipinski definition) is 3. The van der Waals surface area contributed by atoms with E-state index in [2.05, 4.69) is 10.4 Å². The van der Waals surface area contributed by atoms with Crippen LogP contribution in [0.2, 0.25) is 0 Å². The van der Waals surface area contributed by atoms with Crippen LogP contribution in [-0.4, -0.2) is 28.8 Å². The Kier molecular flexibility index (Phi) is 5.43. The van der Waals surface area contributed by atoms with Gasteiger partial charge in [-0.15, -0.1) is 0 Å². The molecule has 1 saturated heterocycles. The van der Waals surface area contributed by atoms with E-state index in [0.717, 1.165) is 44.5 Å². The molecule has 0 aliphatic carbocycles. The first-order valence-electron chi connectivity index (χ1n) is 9.11. The van der Waals surface area contributed by atoms with Crippen LogP contribution in [0.15, 0.2) is 24.3 Å². The van der Waals surface area contributed by atoms with Gasteiger partial charge in [-0.3, -0.25) is 9.48 Å².